The van der Waals surface area contributed by atoms with Crippen LogP contribution in [-0.4, -0.2) is 45.6 Å². The van der Waals surface area contributed by atoms with Gasteiger partial charge in [-0.2, -0.15) is 0 Å². The second-order valence-electron chi connectivity index (χ2n) is 8.84. The second-order valence-corrected chi connectivity index (χ2v) is 9.73. The Hall–Kier alpha value is -2.94. The van der Waals surface area contributed by atoms with Gasteiger partial charge in [0.1, 0.15) is 17.2 Å². The van der Waals surface area contributed by atoms with Gasteiger partial charge in [-0.1, -0.05) is 69.6 Å². The molecule has 1 heterocycles. The van der Waals surface area contributed by atoms with Crippen LogP contribution >= 0.6 is 11.3 Å². The smallest absolute Gasteiger partial charge is 0.357 e. The first-order chi connectivity index (χ1) is 16.7. The summed E-state index contributed by atoms with van der Waals surface area (Å²) >= 11 is 1.18. The maximum atomic E-state index is 13.8. The maximum Gasteiger partial charge on any atom is 0.357 e. The molecule has 0 unspecified atom stereocenters. The van der Waals surface area contributed by atoms with E-state index in [1.54, 1.807) is 17.2 Å². The van der Waals surface area contributed by atoms with Crippen LogP contribution in [-0.2, 0) is 16.1 Å². The summed E-state index contributed by atoms with van der Waals surface area (Å²) in [6, 6.07) is 8.38. The number of aliphatic hydroxyl groups is 1. The summed E-state index contributed by atoms with van der Waals surface area (Å²) in [5.41, 5.74) is 10.2. The molecule has 0 saturated heterocycles. The van der Waals surface area contributed by atoms with Crippen molar-refractivity contribution in [1.82, 2.24) is 9.88 Å². The molecule has 1 aromatic carbocycles. The van der Waals surface area contributed by atoms with Gasteiger partial charge in [0.05, 0.1) is 6.61 Å². The zero-order valence-electron chi connectivity index (χ0n) is 21.0. The number of ether oxygens (including phenoxy) is 1. The number of amides is 1. The molecular formula is C25H35N5O4S. The lowest BCUT2D eigenvalue weighted by molar-refractivity contribution is -0.138. The van der Waals surface area contributed by atoms with Crippen molar-refractivity contribution in [2.75, 3.05) is 6.61 Å². The molecule has 9 nitrogen and oxygen atoms in total. The highest BCUT2D eigenvalue weighted by Gasteiger charge is 2.35. The summed E-state index contributed by atoms with van der Waals surface area (Å²) in [7, 11) is 0. The van der Waals surface area contributed by atoms with Crippen LogP contribution < -0.4 is 0 Å². The minimum absolute atomic E-state index is 0.00884. The number of carbonyl (C=O) groups excluding carboxylic acids is 2. The van der Waals surface area contributed by atoms with E-state index in [1.807, 2.05) is 58.0 Å². The van der Waals surface area contributed by atoms with Gasteiger partial charge in [-0.05, 0) is 29.9 Å². The van der Waals surface area contributed by atoms with E-state index < -0.39 is 18.1 Å². The van der Waals surface area contributed by atoms with E-state index in [9.17, 15) is 14.7 Å². The number of benzene rings is 1. The molecule has 0 aliphatic rings. The van der Waals surface area contributed by atoms with Gasteiger partial charge >= 0.3 is 5.97 Å². The van der Waals surface area contributed by atoms with Gasteiger partial charge in [-0.25, -0.2) is 9.78 Å². The van der Waals surface area contributed by atoms with Crippen LogP contribution in [0.2, 0.25) is 0 Å². The van der Waals surface area contributed by atoms with E-state index in [4.69, 9.17) is 10.3 Å². The normalized spacial score (nSPS) is 14.5. The van der Waals surface area contributed by atoms with Gasteiger partial charge in [0, 0.05) is 29.3 Å². The predicted octanol–water partition coefficient (Wildman–Crippen LogP) is 5.52. The van der Waals surface area contributed by atoms with Crippen LogP contribution in [0, 0.1) is 11.8 Å². The van der Waals surface area contributed by atoms with Gasteiger partial charge in [0.25, 0.3) is 0 Å². The highest BCUT2D eigenvalue weighted by molar-refractivity contribution is 7.09. The fourth-order valence-corrected chi connectivity index (χ4v) is 4.61. The number of azide groups is 1. The number of rotatable bonds is 13. The third kappa shape index (κ3) is 7.78. The van der Waals surface area contributed by atoms with Gasteiger partial charge in [-0.15, -0.1) is 11.3 Å². The number of aliphatic hydroxyl groups excluding tert-OH is 1. The lowest BCUT2D eigenvalue weighted by atomic mass is 9.92. The van der Waals surface area contributed by atoms with E-state index in [0.29, 0.717) is 18.0 Å². The summed E-state index contributed by atoms with van der Waals surface area (Å²) in [6.07, 6.45) is -0.0855. The molecule has 0 bridgehead atoms. The Morgan fingerprint density at radius 3 is 2.49 bits per heavy atom. The van der Waals surface area contributed by atoms with Crippen molar-refractivity contribution >= 4 is 23.2 Å². The monoisotopic (exact) mass is 501 g/mol. The molecule has 0 spiro atoms. The second kappa shape index (κ2) is 13.8. The molecule has 10 heteroatoms. The molecular weight excluding hydrogens is 466 g/mol. The van der Waals surface area contributed by atoms with E-state index in [1.165, 1.54) is 11.3 Å². The topological polar surface area (TPSA) is 128 Å². The Morgan fingerprint density at radius 2 is 1.91 bits per heavy atom. The largest absolute Gasteiger partial charge is 0.461 e. The number of thiazole rings is 1. The minimum Gasteiger partial charge on any atom is -0.461 e. The van der Waals surface area contributed by atoms with Crippen LogP contribution in [0.1, 0.15) is 74.6 Å². The molecule has 35 heavy (non-hydrogen) atoms. The van der Waals surface area contributed by atoms with Crippen LogP contribution in [0.3, 0.4) is 0 Å². The lowest BCUT2D eigenvalue weighted by Gasteiger charge is -2.38. The number of hydrogen-bond acceptors (Lipinski definition) is 7. The van der Waals surface area contributed by atoms with Crippen molar-refractivity contribution in [3.63, 3.8) is 0 Å². The average molecular weight is 502 g/mol. The first-order valence-corrected chi connectivity index (χ1v) is 12.8. The van der Waals surface area contributed by atoms with Crippen molar-refractivity contribution in [2.24, 2.45) is 17.0 Å². The predicted molar refractivity (Wildman–Crippen MR) is 136 cm³/mol. The van der Waals surface area contributed by atoms with Gasteiger partial charge in [0.2, 0.25) is 5.91 Å². The first kappa shape index (κ1) is 28.3. The first-order valence-electron chi connectivity index (χ1n) is 11.9. The summed E-state index contributed by atoms with van der Waals surface area (Å²) in [4.78, 5) is 34.7. The molecule has 190 valence electrons. The van der Waals surface area contributed by atoms with Crippen LogP contribution in [0.15, 0.2) is 40.8 Å². The van der Waals surface area contributed by atoms with Crippen LogP contribution in [0.25, 0.3) is 10.4 Å². The third-order valence-electron chi connectivity index (χ3n) is 6.02. The number of nitrogens with zero attached hydrogens (tertiary/aromatic N) is 5. The summed E-state index contributed by atoms with van der Waals surface area (Å²) < 4.78 is 4.99. The van der Waals surface area contributed by atoms with E-state index in [-0.39, 0.29) is 42.5 Å². The molecule has 1 amide bonds. The zero-order chi connectivity index (χ0) is 26.0. The molecule has 1 N–H and O–H groups in total. The van der Waals surface area contributed by atoms with Crippen molar-refractivity contribution in [3.8, 4) is 0 Å². The Balaban J connectivity index is 2.38. The van der Waals surface area contributed by atoms with Crippen molar-refractivity contribution < 1.29 is 19.4 Å². The SMILES string of the molecule is CCOC(=O)c1csc([C@H](O)C[C@H](C(C)C)N(Cc2ccccc2)C(=O)[C@@H](N=[N+]=[N-])[C@H](C)CC)n1. The highest BCUT2D eigenvalue weighted by atomic mass is 32.1. The van der Waals surface area contributed by atoms with Crippen molar-refractivity contribution in [1.29, 1.82) is 0 Å². The molecule has 2 rings (SSSR count). The quantitative estimate of drug-likeness (QED) is 0.167. The number of aromatic nitrogens is 1. The van der Waals surface area contributed by atoms with Gasteiger partial charge in [0.15, 0.2) is 5.69 Å². The third-order valence-corrected chi connectivity index (χ3v) is 6.96. The Kier molecular flexibility index (Phi) is 11.2. The standard InChI is InChI=1S/C25H35N5O4S/c1-6-17(5)22(28-29-26)24(32)30(14-18-11-9-8-10-12-18)20(16(3)4)13-21(31)23-27-19(15-35-23)25(33)34-7-2/h8-12,15-17,20-22,31H,6-7,13-14H2,1-5H3/t17-,20-,21-,22+/m1/s1. The molecule has 0 fully saturated rings. The number of hydrogen-bond donors (Lipinski definition) is 1. The van der Waals surface area contributed by atoms with E-state index >= 15 is 0 Å². The van der Waals surface area contributed by atoms with Crippen LogP contribution in [0.4, 0.5) is 0 Å². The number of carbonyl (C=O) groups is 2. The van der Waals surface area contributed by atoms with Gasteiger partial charge < -0.3 is 14.7 Å². The molecule has 4 atom stereocenters. The summed E-state index contributed by atoms with van der Waals surface area (Å²) in [5, 5.41) is 16.8. The zero-order valence-corrected chi connectivity index (χ0v) is 21.8. The Labute approximate surface area is 210 Å². The van der Waals surface area contributed by atoms with Crippen LogP contribution in [0.5, 0.6) is 0 Å². The Morgan fingerprint density at radius 1 is 1.23 bits per heavy atom. The number of esters is 1. The Bertz CT molecular complexity index is 1010. The van der Waals surface area contributed by atoms with E-state index in [0.717, 1.165) is 5.56 Å². The molecule has 1 aromatic heterocycles. The van der Waals surface area contributed by atoms with Crippen molar-refractivity contribution in [3.05, 3.63) is 62.4 Å². The summed E-state index contributed by atoms with van der Waals surface area (Å²) in [5.74, 6) is -0.946. The lowest BCUT2D eigenvalue weighted by Crippen LogP contribution is -2.48. The molecule has 0 aliphatic heterocycles. The highest BCUT2D eigenvalue weighted by Crippen LogP contribution is 2.30. The maximum absolute atomic E-state index is 13.8. The molecule has 0 radical (unpaired) electrons. The minimum atomic E-state index is -0.983. The molecule has 0 saturated carbocycles. The molecule has 0 aliphatic carbocycles. The average Bonchev–Trinajstić information content (AvgIpc) is 3.35. The summed E-state index contributed by atoms with van der Waals surface area (Å²) in [6.45, 7) is 10.1. The van der Waals surface area contributed by atoms with E-state index in [2.05, 4.69) is 15.0 Å². The van der Waals surface area contributed by atoms with Crippen molar-refractivity contribution in [2.45, 2.75) is 72.2 Å². The fraction of sp³-hybridized carbons (Fsp3) is 0.560. The molecule has 2 aromatic rings. The van der Waals surface area contributed by atoms with Gasteiger partial charge in [-0.3, -0.25) is 4.79 Å². The fourth-order valence-electron chi connectivity index (χ4n) is 3.82.